The van der Waals surface area contributed by atoms with Crippen molar-refractivity contribution in [1.29, 1.82) is 0 Å². The van der Waals surface area contributed by atoms with Crippen LogP contribution < -0.4 is 0 Å². The summed E-state index contributed by atoms with van der Waals surface area (Å²) >= 11 is 0. The molecule has 1 saturated heterocycles. The molecule has 4 fully saturated rings. The van der Waals surface area contributed by atoms with Crippen LogP contribution in [0.2, 0.25) is 0 Å². The Kier molecular flexibility index (Phi) is 6.68. The number of rotatable bonds is 5. The molecule has 0 amide bonds. The maximum absolute atomic E-state index is 13.0. The molecule has 3 saturated carbocycles. The molecule has 2 aliphatic heterocycles. The minimum atomic E-state index is -1.39. The van der Waals surface area contributed by atoms with E-state index in [0.717, 1.165) is 18.3 Å². The molecular formula is C30H42O9. The number of aliphatic hydroxyl groups is 3. The van der Waals surface area contributed by atoms with E-state index in [0.29, 0.717) is 38.5 Å². The van der Waals surface area contributed by atoms with Crippen LogP contribution in [0.15, 0.2) is 23.8 Å². The highest BCUT2D eigenvalue weighted by atomic mass is 16.7. The summed E-state index contributed by atoms with van der Waals surface area (Å²) < 4.78 is 22.8. The van der Waals surface area contributed by atoms with Gasteiger partial charge in [-0.2, -0.15) is 0 Å². The highest BCUT2D eigenvalue weighted by molar-refractivity contribution is 5.85. The van der Waals surface area contributed by atoms with Crippen LogP contribution in [0.1, 0.15) is 65.2 Å². The number of ether oxygens (including phenoxy) is 4. The van der Waals surface area contributed by atoms with Gasteiger partial charge in [0.1, 0.15) is 19.0 Å². The largest absolute Gasteiger partial charge is 0.458 e. The van der Waals surface area contributed by atoms with Crippen LogP contribution in [0, 0.1) is 28.6 Å². The summed E-state index contributed by atoms with van der Waals surface area (Å²) in [5.74, 6) is -0.736. The first-order valence-electron chi connectivity index (χ1n) is 14.5. The van der Waals surface area contributed by atoms with E-state index < -0.39 is 46.6 Å². The van der Waals surface area contributed by atoms with Crippen molar-refractivity contribution in [3.05, 3.63) is 23.8 Å². The number of methoxy groups -OCH3 is 1. The lowest BCUT2D eigenvalue weighted by Gasteiger charge is -2.63. The van der Waals surface area contributed by atoms with Crippen LogP contribution in [-0.4, -0.2) is 83.2 Å². The normalized spacial score (nSPS) is 52.9. The average molecular weight is 547 g/mol. The maximum Gasteiger partial charge on any atom is 0.331 e. The Morgan fingerprint density at radius 3 is 2.64 bits per heavy atom. The Morgan fingerprint density at radius 1 is 1.15 bits per heavy atom. The fourth-order valence-corrected chi connectivity index (χ4v) is 9.39. The molecule has 0 aromatic rings. The van der Waals surface area contributed by atoms with Crippen LogP contribution >= 0.6 is 0 Å². The number of aliphatic hydroxyl groups excluding tert-OH is 1. The van der Waals surface area contributed by atoms with Crippen molar-refractivity contribution < 1.29 is 43.9 Å². The lowest BCUT2D eigenvalue weighted by atomic mass is 9.43. The van der Waals surface area contributed by atoms with Crippen molar-refractivity contribution in [3.8, 4) is 0 Å². The van der Waals surface area contributed by atoms with E-state index in [1.54, 1.807) is 26.2 Å². The van der Waals surface area contributed by atoms with Crippen molar-refractivity contribution in [2.45, 2.75) is 107 Å². The maximum atomic E-state index is 13.0. The molecular weight excluding hydrogens is 504 g/mol. The topological polar surface area (TPSA) is 132 Å². The van der Waals surface area contributed by atoms with E-state index >= 15 is 0 Å². The van der Waals surface area contributed by atoms with Gasteiger partial charge >= 0.3 is 5.97 Å². The number of hydrogen-bond donors (Lipinski definition) is 3. The number of carbonyl (C=O) groups excluding carboxylic acids is 2. The third-order valence-electron chi connectivity index (χ3n) is 11.6. The highest BCUT2D eigenvalue weighted by Crippen LogP contribution is 2.69. The third-order valence-corrected chi connectivity index (χ3v) is 11.6. The number of cyclic esters (lactones) is 1. The van der Waals surface area contributed by atoms with Crippen LogP contribution in [-0.2, 0) is 28.5 Å². The van der Waals surface area contributed by atoms with Gasteiger partial charge in [-0.25, -0.2) is 4.79 Å². The number of carbonyl (C=O) groups is 2. The van der Waals surface area contributed by atoms with Gasteiger partial charge in [-0.3, -0.25) is 0 Å². The molecule has 216 valence electrons. The molecule has 0 aromatic carbocycles. The predicted octanol–water partition coefficient (Wildman–Crippen LogP) is 2.21. The second-order valence-electron chi connectivity index (χ2n) is 13.1. The molecule has 0 bridgehead atoms. The molecule has 12 atom stereocenters. The second kappa shape index (κ2) is 9.46. The van der Waals surface area contributed by atoms with E-state index in [2.05, 4.69) is 6.92 Å². The van der Waals surface area contributed by atoms with Crippen LogP contribution in [0.3, 0.4) is 0 Å². The summed E-state index contributed by atoms with van der Waals surface area (Å²) in [4.78, 5) is 24.8. The van der Waals surface area contributed by atoms with Crippen molar-refractivity contribution in [1.82, 2.24) is 0 Å². The van der Waals surface area contributed by atoms with Gasteiger partial charge in [0, 0.05) is 37.4 Å². The molecule has 0 spiro atoms. The smallest absolute Gasteiger partial charge is 0.331 e. The summed E-state index contributed by atoms with van der Waals surface area (Å²) in [6.07, 6.45) is 8.19. The molecule has 4 aliphatic carbocycles. The summed E-state index contributed by atoms with van der Waals surface area (Å²) in [5.41, 5.74) is -2.95. The van der Waals surface area contributed by atoms with Gasteiger partial charge in [-0.15, -0.1) is 0 Å². The zero-order valence-corrected chi connectivity index (χ0v) is 23.1. The Labute approximate surface area is 229 Å². The fourth-order valence-electron chi connectivity index (χ4n) is 9.39. The predicted molar refractivity (Wildman–Crippen MR) is 138 cm³/mol. The number of fused-ring (bicyclic) bond motifs is 5. The average Bonchev–Trinajstić information content (AvgIpc) is 3.45. The molecule has 0 radical (unpaired) electrons. The second-order valence-corrected chi connectivity index (χ2v) is 13.1. The van der Waals surface area contributed by atoms with E-state index in [1.165, 1.54) is 0 Å². The zero-order valence-electron chi connectivity index (χ0n) is 23.1. The third kappa shape index (κ3) is 3.87. The van der Waals surface area contributed by atoms with E-state index in [-0.39, 0.29) is 42.9 Å². The van der Waals surface area contributed by atoms with Crippen LogP contribution in [0.25, 0.3) is 0 Å². The first kappa shape index (κ1) is 27.5. The lowest BCUT2D eigenvalue weighted by molar-refractivity contribution is -0.277. The summed E-state index contributed by atoms with van der Waals surface area (Å²) in [7, 11) is 1.56. The van der Waals surface area contributed by atoms with Crippen LogP contribution in [0.4, 0.5) is 0 Å². The van der Waals surface area contributed by atoms with Gasteiger partial charge in [-0.1, -0.05) is 19.1 Å². The molecule has 2 heterocycles. The van der Waals surface area contributed by atoms with Gasteiger partial charge in [0.25, 0.3) is 0 Å². The highest BCUT2D eigenvalue weighted by Gasteiger charge is 2.70. The van der Waals surface area contributed by atoms with Crippen molar-refractivity contribution >= 4 is 12.3 Å². The van der Waals surface area contributed by atoms with E-state index in [4.69, 9.17) is 18.9 Å². The van der Waals surface area contributed by atoms with Gasteiger partial charge < -0.3 is 39.1 Å². The molecule has 0 aromatic heterocycles. The first-order valence-corrected chi connectivity index (χ1v) is 14.5. The number of hydrogen-bond acceptors (Lipinski definition) is 9. The van der Waals surface area contributed by atoms with Gasteiger partial charge in [0.05, 0.1) is 34.9 Å². The summed E-state index contributed by atoms with van der Waals surface area (Å²) in [6.45, 7) is 4.18. The molecule has 9 nitrogen and oxygen atoms in total. The Morgan fingerprint density at radius 2 is 1.95 bits per heavy atom. The van der Waals surface area contributed by atoms with Crippen molar-refractivity contribution in [2.24, 2.45) is 28.6 Å². The summed E-state index contributed by atoms with van der Waals surface area (Å²) in [5, 5.41) is 34.7. The lowest BCUT2D eigenvalue weighted by Crippen LogP contribution is -2.67. The first-order chi connectivity index (χ1) is 18.5. The monoisotopic (exact) mass is 546 g/mol. The molecule has 6 aliphatic rings. The minimum absolute atomic E-state index is 0.0488. The molecule has 39 heavy (non-hydrogen) atoms. The molecule has 3 N–H and O–H groups in total. The Hall–Kier alpha value is -1.62. The van der Waals surface area contributed by atoms with E-state index in [9.17, 15) is 24.9 Å². The molecule has 2 unspecified atom stereocenters. The van der Waals surface area contributed by atoms with E-state index in [1.807, 2.05) is 6.08 Å². The number of aldehydes is 1. The fraction of sp³-hybridized carbons (Fsp3) is 0.800. The molecule has 6 rings (SSSR count). The standard InChI is InChI=1S/C30H42O9/c1-17-26(33)23(36-3)13-25(38-17)39-19-4-9-28(16-31)21-5-8-27(2)20(18-12-24(32)37-15-18)7-11-30(27,35)22(21)6-10-29(28,34)14-19/h6,10,12,16-17,19-23,25-26,33-35H,4-5,7-9,11,13-15H2,1-3H3/t17-,19-,20+,21?,22?,23-,25-,26-,27+,28-,29-,30-/m0/s1. The quantitative estimate of drug-likeness (QED) is 0.270. The Bertz CT molecular complexity index is 1070. The Balaban J connectivity index is 1.24. The SMILES string of the molecule is CO[C@H]1C[C@H](O[C@H]2CC[C@]3(C=O)C4CC[C@]5(C)[C@@H](C6=CC(=O)OC6)CC[C@]5(O)C4C=C[C@]3(O)C2)O[C@@H](C)[C@@H]1O. The van der Waals surface area contributed by atoms with Crippen LogP contribution in [0.5, 0.6) is 0 Å². The minimum Gasteiger partial charge on any atom is -0.458 e. The van der Waals surface area contributed by atoms with Gasteiger partial charge in [0.2, 0.25) is 0 Å². The van der Waals surface area contributed by atoms with Crippen molar-refractivity contribution in [2.75, 3.05) is 13.7 Å². The summed E-state index contributed by atoms with van der Waals surface area (Å²) in [6, 6.07) is 0. The molecule has 9 heteroatoms. The van der Waals surface area contributed by atoms with Crippen molar-refractivity contribution in [3.63, 3.8) is 0 Å². The van der Waals surface area contributed by atoms with Gasteiger partial charge in [0.15, 0.2) is 6.29 Å². The van der Waals surface area contributed by atoms with Gasteiger partial charge in [-0.05, 0) is 62.9 Å². The number of esters is 1. The zero-order chi connectivity index (χ0) is 27.8.